The molecule has 4 nitrogen and oxygen atoms in total. The summed E-state index contributed by atoms with van der Waals surface area (Å²) in [7, 11) is 0. The molecule has 138 valence electrons. The fourth-order valence-electron chi connectivity index (χ4n) is 1.98. The van der Waals surface area contributed by atoms with Gasteiger partial charge in [-0.1, -0.05) is 35.3 Å². The van der Waals surface area contributed by atoms with Crippen molar-refractivity contribution in [2.24, 2.45) is 0 Å². The summed E-state index contributed by atoms with van der Waals surface area (Å²) in [5, 5.41) is 2.47. The normalized spacial score (nSPS) is 12.4. The SMILES string of the molecule is C[C@H](OC(=O)c1ccc(Cl)c(Cl)c1)C(=O)Nc1ccccc1C(F)(F)F. The molecule has 0 unspecified atom stereocenters. The summed E-state index contributed by atoms with van der Waals surface area (Å²) in [6.07, 6.45) is -5.97. The number of alkyl halides is 3. The number of nitrogens with one attached hydrogen (secondary N) is 1. The average molecular weight is 406 g/mol. The molecule has 26 heavy (non-hydrogen) atoms. The van der Waals surface area contributed by atoms with E-state index < -0.39 is 35.4 Å². The number of benzene rings is 2. The number of carbonyl (C=O) groups is 2. The summed E-state index contributed by atoms with van der Waals surface area (Å²) >= 11 is 11.5. The molecule has 1 amide bonds. The van der Waals surface area contributed by atoms with Crippen LogP contribution in [0.3, 0.4) is 0 Å². The van der Waals surface area contributed by atoms with Gasteiger partial charge in [-0.2, -0.15) is 13.2 Å². The number of esters is 1. The molecule has 0 saturated carbocycles. The van der Waals surface area contributed by atoms with E-state index >= 15 is 0 Å². The largest absolute Gasteiger partial charge is 0.449 e. The Morgan fingerprint density at radius 1 is 1.08 bits per heavy atom. The van der Waals surface area contributed by atoms with E-state index in [2.05, 4.69) is 5.32 Å². The summed E-state index contributed by atoms with van der Waals surface area (Å²) in [6, 6.07) is 8.47. The highest BCUT2D eigenvalue weighted by Crippen LogP contribution is 2.34. The molecule has 0 heterocycles. The Balaban J connectivity index is 2.09. The van der Waals surface area contributed by atoms with Crippen molar-refractivity contribution in [1.29, 1.82) is 0 Å². The highest BCUT2D eigenvalue weighted by Gasteiger charge is 2.34. The van der Waals surface area contributed by atoms with Gasteiger partial charge >= 0.3 is 12.1 Å². The van der Waals surface area contributed by atoms with Crippen molar-refractivity contribution in [2.45, 2.75) is 19.2 Å². The molecule has 0 aliphatic heterocycles. The highest BCUT2D eigenvalue weighted by molar-refractivity contribution is 6.42. The van der Waals surface area contributed by atoms with Crippen LogP contribution >= 0.6 is 23.2 Å². The Bertz CT molecular complexity index is 840. The third-order valence-electron chi connectivity index (χ3n) is 3.30. The summed E-state index contributed by atoms with van der Waals surface area (Å²) < 4.78 is 43.8. The number of para-hydroxylation sites is 1. The van der Waals surface area contributed by atoms with Crippen LogP contribution in [0.15, 0.2) is 42.5 Å². The lowest BCUT2D eigenvalue weighted by atomic mass is 10.1. The molecule has 0 aromatic heterocycles. The van der Waals surface area contributed by atoms with Crippen LogP contribution in [0.25, 0.3) is 0 Å². The number of anilines is 1. The van der Waals surface area contributed by atoms with Crippen LogP contribution in [-0.4, -0.2) is 18.0 Å². The number of ether oxygens (including phenoxy) is 1. The second-order valence-electron chi connectivity index (χ2n) is 5.21. The third-order valence-corrected chi connectivity index (χ3v) is 4.04. The zero-order valence-corrected chi connectivity index (χ0v) is 14.7. The van der Waals surface area contributed by atoms with Crippen molar-refractivity contribution in [3.05, 3.63) is 63.6 Å². The minimum absolute atomic E-state index is 0.0507. The van der Waals surface area contributed by atoms with Crippen molar-refractivity contribution in [2.75, 3.05) is 5.32 Å². The molecule has 0 radical (unpaired) electrons. The second kappa shape index (κ2) is 7.97. The number of hydrogen-bond acceptors (Lipinski definition) is 3. The van der Waals surface area contributed by atoms with Crippen LogP contribution in [0.4, 0.5) is 18.9 Å². The zero-order chi connectivity index (χ0) is 19.5. The first-order valence-electron chi connectivity index (χ1n) is 7.22. The van der Waals surface area contributed by atoms with E-state index in [-0.39, 0.29) is 15.6 Å². The lowest BCUT2D eigenvalue weighted by Gasteiger charge is -2.17. The summed E-state index contributed by atoms with van der Waals surface area (Å²) in [5.74, 6) is -1.77. The van der Waals surface area contributed by atoms with E-state index in [4.69, 9.17) is 27.9 Å². The van der Waals surface area contributed by atoms with Crippen LogP contribution < -0.4 is 5.32 Å². The van der Waals surface area contributed by atoms with Gasteiger partial charge in [0.15, 0.2) is 6.10 Å². The van der Waals surface area contributed by atoms with Gasteiger partial charge in [0.25, 0.3) is 5.91 Å². The number of carbonyl (C=O) groups excluding carboxylic acids is 2. The van der Waals surface area contributed by atoms with Crippen LogP contribution in [0.2, 0.25) is 10.0 Å². The molecular weight excluding hydrogens is 394 g/mol. The first-order valence-corrected chi connectivity index (χ1v) is 7.98. The molecule has 2 rings (SSSR count). The molecule has 0 fully saturated rings. The monoisotopic (exact) mass is 405 g/mol. The van der Waals surface area contributed by atoms with Gasteiger partial charge in [-0.3, -0.25) is 4.79 Å². The lowest BCUT2D eigenvalue weighted by Crippen LogP contribution is -2.30. The second-order valence-corrected chi connectivity index (χ2v) is 6.02. The number of rotatable bonds is 4. The zero-order valence-electron chi connectivity index (χ0n) is 13.2. The average Bonchev–Trinajstić information content (AvgIpc) is 2.56. The van der Waals surface area contributed by atoms with E-state index in [0.29, 0.717) is 0 Å². The van der Waals surface area contributed by atoms with Gasteiger partial charge in [0, 0.05) is 0 Å². The molecule has 2 aromatic carbocycles. The van der Waals surface area contributed by atoms with Crippen LogP contribution in [0.1, 0.15) is 22.8 Å². The Labute approximate surface area is 156 Å². The smallest absolute Gasteiger partial charge is 0.418 e. The minimum atomic E-state index is -4.64. The molecule has 0 aliphatic carbocycles. The summed E-state index contributed by atoms with van der Waals surface area (Å²) in [6.45, 7) is 1.24. The molecule has 1 N–H and O–H groups in total. The van der Waals surface area contributed by atoms with E-state index in [9.17, 15) is 22.8 Å². The Morgan fingerprint density at radius 3 is 2.35 bits per heavy atom. The van der Waals surface area contributed by atoms with Gasteiger partial charge in [0.2, 0.25) is 0 Å². The Hall–Kier alpha value is -2.25. The van der Waals surface area contributed by atoms with Crippen LogP contribution in [0.5, 0.6) is 0 Å². The molecule has 0 saturated heterocycles. The number of halogens is 5. The Morgan fingerprint density at radius 2 is 1.73 bits per heavy atom. The maximum Gasteiger partial charge on any atom is 0.418 e. The molecule has 2 aromatic rings. The van der Waals surface area contributed by atoms with E-state index in [1.807, 2.05) is 0 Å². The van der Waals surface area contributed by atoms with Gasteiger partial charge < -0.3 is 10.1 Å². The highest BCUT2D eigenvalue weighted by atomic mass is 35.5. The topological polar surface area (TPSA) is 55.4 Å². The minimum Gasteiger partial charge on any atom is -0.449 e. The van der Waals surface area contributed by atoms with E-state index in [1.165, 1.54) is 37.3 Å². The van der Waals surface area contributed by atoms with Crippen LogP contribution in [-0.2, 0) is 15.7 Å². The third kappa shape index (κ3) is 4.89. The molecular formula is C17H12Cl2F3NO3. The quantitative estimate of drug-likeness (QED) is 0.711. The maximum atomic E-state index is 12.9. The Kier molecular flexibility index (Phi) is 6.15. The molecule has 0 aliphatic rings. The predicted molar refractivity (Wildman–Crippen MR) is 91.4 cm³/mol. The number of amides is 1. The van der Waals surface area contributed by atoms with Gasteiger partial charge in [-0.25, -0.2) is 4.79 Å². The van der Waals surface area contributed by atoms with Crippen molar-refractivity contribution in [1.82, 2.24) is 0 Å². The lowest BCUT2D eigenvalue weighted by molar-refractivity contribution is -0.137. The molecule has 1 atom stereocenters. The molecule has 9 heteroatoms. The summed E-state index contributed by atoms with van der Waals surface area (Å²) in [4.78, 5) is 24.1. The van der Waals surface area contributed by atoms with Crippen LogP contribution in [0, 0.1) is 0 Å². The van der Waals surface area contributed by atoms with Crippen molar-refractivity contribution in [3.8, 4) is 0 Å². The van der Waals surface area contributed by atoms with Gasteiger partial charge in [0.1, 0.15) is 0 Å². The van der Waals surface area contributed by atoms with Crippen molar-refractivity contribution >= 4 is 40.8 Å². The summed E-state index contributed by atoms with van der Waals surface area (Å²) in [5.41, 5.74) is -1.38. The first kappa shape index (κ1) is 20.1. The molecule has 0 bridgehead atoms. The van der Waals surface area contributed by atoms with E-state index in [1.54, 1.807) is 0 Å². The van der Waals surface area contributed by atoms with E-state index in [0.717, 1.165) is 12.1 Å². The van der Waals surface area contributed by atoms with Gasteiger partial charge in [-0.05, 0) is 37.3 Å². The fraction of sp³-hybridized carbons (Fsp3) is 0.176. The molecule has 0 spiro atoms. The number of hydrogen-bond donors (Lipinski definition) is 1. The van der Waals surface area contributed by atoms with Gasteiger partial charge in [0.05, 0.1) is 26.9 Å². The standard InChI is InChI=1S/C17H12Cl2F3NO3/c1-9(26-16(25)10-6-7-12(18)13(19)8-10)15(24)23-14-5-3-2-4-11(14)17(20,21)22/h2-9H,1H3,(H,23,24)/t9-/m0/s1. The predicted octanol–water partition coefficient (Wildman–Crippen LogP) is 5.20. The van der Waals surface area contributed by atoms with Gasteiger partial charge in [-0.15, -0.1) is 0 Å². The van der Waals surface area contributed by atoms with Crippen molar-refractivity contribution in [3.63, 3.8) is 0 Å². The first-order chi connectivity index (χ1) is 12.1. The van der Waals surface area contributed by atoms with Crippen molar-refractivity contribution < 1.29 is 27.5 Å². The fourth-order valence-corrected chi connectivity index (χ4v) is 2.28. The maximum absolute atomic E-state index is 12.9.